The summed E-state index contributed by atoms with van der Waals surface area (Å²) in [6.45, 7) is 3.11. The van der Waals surface area contributed by atoms with Gasteiger partial charge < -0.3 is 10.8 Å². The molecule has 0 bridgehead atoms. The third-order valence-corrected chi connectivity index (χ3v) is 3.89. The number of carbonyl (C=O) groups excluding carboxylic acids is 1. The molecule has 3 N–H and O–H groups in total. The lowest BCUT2D eigenvalue weighted by atomic mass is 9.93. The summed E-state index contributed by atoms with van der Waals surface area (Å²) in [6.07, 6.45) is 1.26. The molecule has 1 aliphatic rings. The van der Waals surface area contributed by atoms with Gasteiger partial charge in [-0.3, -0.25) is 14.5 Å². The molecular formula is C15H20N2O3. The number of carbonyl (C=O) groups is 2. The summed E-state index contributed by atoms with van der Waals surface area (Å²) in [7, 11) is 0. The zero-order chi connectivity index (χ0) is 14.7. The zero-order valence-electron chi connectivity index (χ0n) is 11.6. The van der Waals surface area contributed by atoms with Crippen molar-refractivity contribution in [2.75, 3.05) is 13.1 Å². The van der Waals surface area contributed by atoms with Crippen LogP contribution in [0.1, 0.15) is 30.0 Å². The van der Waals surface area contributed by atoms with Crippen LogP contribution in [0.5, 0.6) is 0 Å². The standard InChI is InChI=1S/C15H20N2O3/c1-10-3-2-4-12(9-10)13(15(19)20)17-7-5-11(6-8-17)14(16)18/h2-4,9,11,13H,5-8H2,1H3,(H2,16,18)(H,19,20). The molecular weight excluding hydrogens is 256 g/mol. The van der Waals surface area contributed by atoms with Crippen molar-refractivity contribution >= 4 is 11.9 Å². The summed E-state index contributed by atoms with van der Waals surface area (Å²) in [4.78, 5) is 24.7. The number of rotatable bonds is 4. The van der Waals surface area contributed by atoms with Gasteiger partial charge in [0.2, 0.25) is 5.91 Å². The van der Waals surface area contributed by atoms with E-state index in [9.17, 15) is 14.7 Å². The van der Waals surface area contributed by atoms with Crippen LogP contribution in [0.4, 0.5) is 0 Å². The summed E-state index contributed by atoms with van der Waals surface area (Å²) >= 11 is 0. The quantitative estimate of drug-likeness (QED) is 0.868. The Morgan fingerprint density at radius 1 is 1.35 bits per heavy atom. The van der Waals surface area contributed by atoms with Gasteiger partial charge in [0, 0.05) is 19.0 Å². The van der Waals surface area contributed by atoms with Crippen LogP contribution in [-0.4, -0.2) is 35.0 Å². The van der Waals surface area contributed by atoms with Gasteiger partial charge in [-0.15, -0.1) is 0 Å². The van der Waals surface area contributed by atoms with Crippen molar-refractivity contribution in [1.82, 2.24) is 4.90 Å². The van der Waals surface area contributed by atoms with Crippen molar-refractivity contribution in [3.63, 3.8) is 0 Å². The maximum absolute atomic E-state index is 11.6. The molecule has 1 saturated heterocycles. The van der Waals surface area contributed by atoms with Gasteiger partial charge in [0.05, 0.1) is 0 Å². The monoisotopic (exact) mass is 276 g/mol. The number of amides is 1. The minimum absolute atomic E-state index is 0.127. The first kappa shape index (κ1) is 14.5. The predicted octanol–water partition coefficient (Wildman–Crippen LogP) is 1.32. The lowest BCUT2D eigenvalue weighted by Gasteiger charge is -2.34. The minimum atomic E-state index is -0.854. The predicted molar refractivity (Wildman–Crippen MR) is 75.0 cm³/mol. The van der Waals surface area contributed by atoms with Gasteiger partial charge in [-0.05, 0) is 25.3 Å². The average molecular weight is 276 g/mol. The highest BCUT2D eigenvalue weighted by Gasteiger charge is 2.32. The van der Waals surface area contributed by atoms with E-state index in [2.05, 4.69) is 0 Å². The van der Waals surface area contributed by atoms with Crippen molar-refractivity contribution in [2.24, 2.45) is 11.7 Å². The van der Waals surface area contributed by atoms with E-state index in [1.165, 1.54) is 0 Å². The number of nitrogens with two attached hydrogens (primary N) is 1. The van der Waals surface area contributed by atoms with E-state index in [4.69, 9.17) is 5.73 Å². The maximum Gasteiger partial charge on any atom is 0.325 e. The van der Waals surface area contributed by atoms with Crippen LogP contribution in [-0.2, 0) is 9.59 Å². The summed E-state index contributed by atoms with van der Waals surface area (Å²) in [5.74, 6) is -1.27. The molecule has 1 unspecified atom stereocenters. The molecule has 1 aromatic carbocycles. The van der Waals surface area contributed by atoms with Crippen LogP contribution in [0.2, 0.25) is 0 Å². The Morgan fingerprint density at radius 2 is 2.00 bits per heavy atom. The number of benzene rings is 1. The Balaban J connectivity index is 2.15. The lowest BCUT2D eigenvalue weighted by Crippen LogP contribution is -2.42. The average Bonchev–Trinajstić information content (AvgIpc) is 2.39. The summed E-state index contributed by atoms with van der Waals surface area (Å²) in [5, 5.41) is 9.51. The van der Waals surface area contributed by atoms with Crippen LogP contribution < -0.4 is 5.73 Å². The molecule has 0 aliphatic carbocycles. The largest absolute Gasteiger partial charge is 0.480 e. The Bertz CT molecular complexity index is 508. The van der Waals surface area contributed by atoms with Crippen LogP contribution in [0.3, 0.4) is 0 Å². The summed E-state index contributed by atoms with van der Waals surface area (Å²) < 4.78 is 0. The topological polar surface area (TPSA) is 83.6 Å². The summed E-state index contributed by atoms with van der Waals surface area (Å²) in [6, 6.07) is 6.91. The molecule has 20 heavy (non-hydrogen) atoms. The number of nitrogens with zero attached hydrogens (tertiary/aromatic N) is 1. The highest BCUT2D eigenvalue weighted by atomic mass is 16.4. The van der Waals surface area contributed by atoms with Gasteiger partial charge in [-0.1, -0.05) is 29.8 Å². The van der Waals surface area contributed by atoms with Gasteiger partial charge in [-0.2, -0.15) is 0 Å². The molecule has 1 aliphatic heterocycles. The van der Waals surface area contributed by atoms with E-state index in [0.29, 0.717) is 25.9 Å². The number of carboxylic acid groups (broad SMARTS) is 1. The van der Waals surface area contributed by atoms with Gasteiger partial charge in [0.1, 0.15) is 6.04 Å². The number of primary amides is 1. The van der Waals surface area contributed by atoms with Gasteiger partial charge >= 0.3 is 5.97 Å². The van der Waals surface area contributed by atoms with E-state index in [1.54, 1.807) is 0 Å². The van der Waals surface area contributed by atoms with Crippen molar-refractivity contribution in [1.29, 1.82) is 0 Å². The first-order valence-corrected chi connectivity index (χ1v) is 6.82. The molecule has 0 aromatic heterocycles. The van der Waals surface area contributed by atoms with Crippen molar-refractivity contribution in [2.45, 2.75) is 25.8 Å². The second-order valence-electron chi connectivity index (χ2n) is 5.37. The molecule has 0 spiro atoms. The van der Waals surface area contributed by atoms with E-state index in [1.807, 2.05) is 36.1 Å². The fraction of sp³-hybridized carbons (Fsp3) is 0.467. The van der Waals surface area contributed by atoms with E-state index < -0.39 is 12.0 Å². The Kier molecular flexibility index (Phi) is 4.39. The van der Waals surface area contributed by atoms with Crippen LogP contribution in [0.25, 0.3) is 0 Å². The Labute approximate surface area is 118 Å². The number of likely N-dealkylation sites (tertiary alicyclic amines) is 1. The molecule has 2 rings (SSSR count). The molecule has 1 fully saturated rings. The third-order valence-electron chi connectivity index (χ3n) is 3.89. The maximum atomic E-state index is 11.6. The first-order valence-electron chi connectivity index (χ1n) is 6.82. The van der Waals surface area contributed by atoms with Crippen LogP contribution in [0.15, 0.2) is 24.3 Å². The third kappa shape index (κ3) is 3.17. The van der Waals surface area contributed by atoms with E-state index >= 15 is 0 Å². The van der Waals surface area contributed by atoms with Gasteiger partial charge in [0.25, 0.3) is 0 Å². The second kappa shape index (κ2) is 6.05. The number of aryl methyl sites for hydroxylation is 1. The Morgan fingerprint density at radius 3 is 2.50 bits per heavy atom. The lowest BCUT2D eigenvalue weighted by molar-refractivity contribution is -0.144. The highest BCUT2D eigenvalue weighted by molar-refractivity contribution is 5.77. The molecule has 1 heterocycles. The second-order valence-corrected chi connectivity index (χ2v) is 5.37. The first-order chi connectivity index (χ1) is 9.49. The van der Waals surface area contributed by atoms with E-state index in [0.717, 1.165) is 11.1 Å². The molecule has 5 heteroatoms. The number of carboxylic acids is 1. The smallest absolute Gasteiger partial charge is 0.325 e. The number of hydrogen-bond acceptors (Lipinski definition) is 3. The number of hydrogen-bond donors (Lipinski definition) is 2. The number of aliphatic carboxylic acids is 1. The SMILES string of the molecule is Cc1cccc(C(C(=O)O)N2CCC(C(N)=O)CC2)c1. The van der Waals surface area contributed by atoms with E-state index in [-0.39, 0.29) is 11.8 Å². The zero-order valence-corrected chi connectivity index (χ0v) is 11.6. The highest BCUT2D eigenvalue weighted by Crippen LogP contribution is 2.27. The van der Waals surface area contributed by atoms with Crippen LogP contribution >= 0.6 is 0 Å². The molecule has 1 aromatic rings. The fourth-order valence-electron chi connectivity index (χ4n) is 2.79. The molecule has 0 radical (unpaired) electrons. The van der Waals surface area contributed by atoms with Gasteiger partial charge in [0.15, 0.2) is 0 Å². The molecule has 108 valence electrons. The Hall–Kier alpha value is -1.88. The molecule has 5 nitrogen and oxygen atoms in total. The molecule has 1 atom stereocenters. The normalized spacial score (nSPS) is 18.6. The van der Waals surface area contributed by atoms with Crippen molar-refractivity contribution in [3.8, 4) is 0 Å². The number of piperidine rings is 1. The van der Waals surface area contributed by atoms with Crippen LogP contribution in [0, 0.1) is 12.8 Å². The van der Waals surface area contributed by atoms with Crippen molar-refractivity contribution < 1.29 is 14.7 Å². The van der Waals surface area contributed by atoms with Crippen molar-refractivity contribution in [3.05, 3.63) is 35.4 Å². The minimum Gasteiger partial charge on any atom is -0.480 e. The van der Waals surface area contributed by atoms with Gasteiger partial charge in [-0.25, -0.2) is 0 Å². The molecule has 1 amide bonds. The summed E-state index contributed by atoms with van der Waals surface area (Å²) in [5.41, 5.74) is 7.14. The molecule has 0 saturated carbocycles. The fourth-order valence-corrected chi connectivity index (χ4v) is 2.79.